The van der Waals surface area contributed by atoms with Crippen molar-refractivity contribution in [3.8, 4) is 17.3 Å². The third-order valence-corrected chi connectivity index (χ3v) is 6.57. The highest BCUT2D eigenvalue weighted by atomic mass is 35.5. The fourth-order valence-electron chi connectivity index (χ4n) is 4.62. The number of halogens is 2. The number of anilines is 1. The molecule has 6 rings (SSSR count). The van der Waals surface area contributed by atoms with Gasteiger partial charge in [-0.25, -0.2) is 9.37 Å². The molecule has 8 nitrogen and oxygen atoms in total. The van der Waals surface area contributed by atoms with E-state index in [0.717, 1.165) is 17.8 Å². The SMILES string of the molecule is O[C@@H]1CO[C@H]2[C@@H]1OC[C@H]2Oc1nc2nc(-c3ccc(N4CC[C@H](F)C4)cc3)c(Cl)cc2[nH]1. The molecular weight excluding hydrogens is 439 g/mol. The molecule has 0 spiro atoms. The van der Waals surface area contributed by atoms with Gasteiger partial charge in [-0.1, -0.05) is 23.7 Å². The molecule has 10 heteroatoms. The summed E-state index contributed by atoms with van der Waals surface area (Å²) >= 11 is 6.51. The number of imidazole rings is 1. The van der Waals surface area contributed by atoms with Gasteiger partial charge in [0.15, 0.2) is 11.8 Å². The fraction of sp³-hybridized carbons (Fsp3) is 0.455. The van der Waals surface area contributed by atoms with Crippen LogP contribution in [0, 0.1) is 0 Å². The summed E-state index contributed by atoms with van der Waals surface area (Å²) < 4.78 is 30.6. The summed E-state index contributed by atoms with van der Waals surface area (Å²) in [4.78, 5) is 14.2. The standard InChI is InChI=1S/C22H22ClFN4O4/c23-14-7-15-21(27-22(25-15)32-17-10-31-19-16(29)9-30-20(17)19)26-18(14)11-1-3-13(4-2-11)28-6-5-12(24)8-28/h1-4,7,12,16-17,19-20,29H,5-6,8-10H2,(H,25,26,27)/t12-,16+,17+,19+,20+/m0/s1. The van der Waals surface area contributed by atoms with Crippen molar-refractivity contribution >= 4 is 28.5 Å². The van der Waals surface area contributed by atoms with Crippen molar-refractivity contribution in [1.29, 1.82) is 0 Å². The van der Waals surface area contributed by atoms with E-state index in [4.69, 9.17) is 25.8 Å². The molecule has 168 valence electrons. The predicted molar refractivity (Wildman–Crippen MR) is 116 cm³/mol. The van der Waals surface area contributed by atoms with E-state index in [2.05, 4.69) is 15.0 Å². The highest BCUT2D eigenvalue weighted by Gasteiger charge is 2.48. The number of aliphatic hydroxyl groups excluding tert-OH is 1. The van der Waals surface area contributed by atoms with Crippen molar-refractivity contribution in [1.82, 2.24) is 15.0 Å². The van der Waals surface area contributed by atoms with E-state index >= 15 is 0 Å². The number of fused-ring (bicyclic) bond motifs is 2. The number of aliphatic hydroxyl groups is 1. The van der Waals surface area contributed by atoms with Crippen molar-refractivity contribution in [3.63, 3.8) is 0 Å². The van der Waals surface area contributed by atoms with Gasteiger partial charge in [0.1, 0.15) is 24.5 Å². The number of H-pyrrole nitrogens is 1. The van der Waals surface area contributed by atoms with Gasteiger partial charge in [0.2, 0.25) is 0 Å². The summed E-state index contributed by atoms with van der Waals surface area (Å²) in [6, 6.07) is 9.85. The van der Waals surface area contributed by atoms with E-state index in [9.17, 15) is 9.50 Å². The molecular formula is C22H22ClFN4O4. The second-order valence-corrected chi connectivity index (χ2v) is 8.84. The third-order valence-electron chi connectivity index (χ3n) is 6.29. The first-order valence-electron chi connectivity index (χ1n) is 10.7. The van der Waals surface area contributed by atoms with Gasteiger partial charge in [-0.3, -0.25) is 0 Å². The lowest BCUT2D eigenvalue weighted by Crippen LogP contribution is -2.34. The van der Waals surface area contributed by atoms with Crippen LogP contribution in [-0.2, 0) is 9.47 Å². The molecule has 3 aliphatic rings. The quantitative estimate of drug-likeness (QED) is 0.618. The van der Waals surface area contributed by atoms with Crippen LogP contribution < -0.4 is 9.64 Å². The molecule has 1 aromatic carbocycles. The molecule has 5 atom stereocenters. The van der Waals surface area contributed by atoms with Gasteiger partial charge in [-0.2, -0.15) is 4.98 Å². The van der Waals surface area contributed by atoms with Crippen LogP contribution >= 0.6 is 11.6 Å². The first-order valence-corrected chi connectivity index (χ1v) is 11.1. The van der Waals surface area contributed by atoms with Crippen molar-refractivity contribution < 1.29 is 23.7 Å². The topological polar surface area (TPSA) is 92.7 Å². The Morgan fingerprint density at radius 1 is 1.16 bits per heavy atom. The Bertz CT molecular complexity index is 1140. The highest BCUT2D eigenvalue weighted by molar-refractivity contribution is 6.33. The molecule has 0 saturated carbocycles. The largest absolute Gasteiger partial charge is 0.456 e. The number of ether oxygens (including phenoxy) is 3. The molecule has 2 N–H and O–H groups in total. The number of nitrogens with one attached hydrogen (secondary N) is 1. The number of aromatic nitrogens is 3. The minimum atomic E-state index is -0.767. The van der Waals surface area contributed by atoms with E-state index in [0.29, 0.717) is 47.5 Å². The van der Waals surface area contributed by atoms with Gasteiger partial charge < -0.3 is 29.2 Å². The summed E-state index contributed by atoms with van der Waals surface area (Å²) in [7, 11) is 0. The maximum Gasteiger partial charge on any atom is 0.296 e. The molecule has 3 saturated heterocycles. The average Bonchev–Trinajstić information content (AvgIpc) is 3.55. The van der Waals surface area contributed by atoms with Crippen molar-refractivity contribution in [2.24, 2.45) is 0 Å². The van der Waals surface area contributed by atoms with Crippen LogP contribution in [0.1, 0.15) is 6.42 Å². The highest BCUT2D eigenvalue weighted by Crippen LogP contribution is 2.33. The van der Waals surface area contributed by atoms with Crippen LogP contribution in [0.4, 0.5) is 10.1 Å². The van der Waals surface area contributed by atoms with E-state index in [1.54, 1.807) is 6.07 Å². The lowest BCUT2D eigenvalue weighted by Gasteiger charge is -2.17. The van der Waals surface area contributed by atoms with Crippen molar-refractivity contribution in [2.75, 3.05) is 31.2 Å². The summed E-state index contributed by atoms with van der Waals surface area (Å²) in [6.45, 7) is 1.70. The number of aromatic amines is 1. The smallest absolute Gasteiger partial charge is 0.296 e. The number of rotatable bonds is 4. The number of alkyl halides is 1. The molecule has 5 heterocycles. The second kappa shape index (κ2) is 7.84. The summed E-state index contributed by atoms with van der Waals surface area (Å²) in [6.07, 6.45) is -1.90. The normalized spacial score (nSPS) is 29.7. The van der Waals surface area contributed by atoms with Gasteiger partial charge >= 0.3 is 0 Å². The van der Waals surface area contributed by atoms with Gasteiger partial charge in [0, 0.05) is 24.3 Å². The minimum Gasteiger partial charge on any atom is -0.456 e. The molecule has 0 radical (unpaired) electrons. The average molecular weight is 461 g/mol. The fourth-order valence-corrected chi connectivity index (χ4v) is 4.89. The van der Waals surface area contributed by atoms with E-state index in [1.165, 1.54) is 0 Å². The molecule has 0 bridgehead atoms. The second-order valence-electron chi connectivity index (χ2n) is 8.43. The summed E-state index contributed by atoms with van der Waals surface area (Å²) in [5, 5.41) is 10.4. The Morgan fingerprint density at radius 2 is 1.97 bits per heavy atom. The number of hydrogen-bond acceptors (Lipinski definition) is 7. The van der Waals surface area contributed by atoms with Crippen LogP contribution in [0.25, 0.3) is 22.4 Å². The number of hydrogen-bond donors (Lipinski definition) is 2. The van der Waals surface area contributed by atoms with Crippen LogP contribution in [-0.4, -0.2) is 76.9 Å². The Hall–Kier alpha value is -2.46. The first-order chi connectivity index (χ1) is 15.5. The zero-order valence-electron chi connectivity index (χ0n) is 17.1. The molecule has 3 aromatic rings. The molecule has 2 aromatic heterocycles. The van der Waals surface area contributed by atoms with Crippen molar-refractivity contribution in [3.05, 3.63) is 35.4 Å². The maximum absolute atomic E-state index is 13.5. The predicted octanol–water partition coefficient (Wildman–Crippen LogP) is 2.73. The monoisotopic (exact) mass is 460 g/mol. The van der Waals surface area contributed by atoms with Gasteiger partial charge in [0.05, 0.1) is 29.4 Å². The van der Waals surface area contributed by atoms with E-state index in [-0.39, 0.29) is 24.9 Å². The summed E-state index contributed by atoms with van der Waals surface area (Å²) in [5.74, 6) is 0. The Morgan fingerprint density at radius 3 is 2.75 bits per heavy atom. The van der Waals surface area contributed by atoms with Gasteiger partial charge in [-0.05, 0) is 24.6 Å². The zero-order chi connectivity index (χ0) is 21.8. The maximum atomic E-state index is 13.5. The van der Waals surface area contributed by atoms with Gasteiger partial charge in [0.25, 0.3) is 6.01 Å². The molecule has 0 amide bonds. The van der Waals surface area contributed by atoms with Crippen LogP contribution in [0.5, 0.6) is 6.01 Å². The molecule has 3 fully saturated rings. The minimum absolute atomic E-state index is 0.237. The molecule has 32 heavy (non-hydrogen) atoms. The lowest BCUT2D eigenvalue weighted by molar-refractivity contribution is 0.00706. The lowest BCUT2D eigenvalue weighted by atomic mass is 10.1. The Kier molecular flexibility index (Phi) is 4.94. The van der Waals surface area contributed by atoms with Crippen LogP contribution in [0.15, 0.2) is 30.3 Å². The van der Waals surface area contributed by atoms with Crippen molar-refractivity contribution in [2.45, 2.75) is 37.0 Å². The number of nitrogens with zero attached hydrogens (tertiary/aromatic N) is 3. The third kappa shape index (κ3) is 3.49. The molecule has 0 unspecified atom stereocenters. The van der Waals surface area contributed by atoms with Crippen LogP contribution in [0.2, 0.25) is 5.02 Å². The Labute approximate surface area is 188 Å². The van der Waals surface area contributed by atoms with Crippen LogP contribution in [0.3, 0.4) is 0 Å². The molecule has 0 aliphatic carbocycles. The van der Waals surface area contributed by atoms with Gasteiger partial charge in [-0.15, -0.1) is 0 Å². The van der Waals surface area contributed by atoms with E-state index < -0.39 is 12.3 Å². The summed E-state index contributed by atoms with van der Waals surface area (Å²) in [5.41, 5.74) is 3.57. The van der Waals surface area contributed by atoms with E-state index in [1.807, 2.05) is 29.2 Å². The Balaban J connectivity index is 1.23. The zero-order valence-corrected chi connectivity index (χ0v) is 17.8. The first kappa shape index (κ1) is 20.2. The number of pyridine rings is 1. The number of benzene rings is 1. The molecule has 3 aliphatic heterocycles.